The second-order valence-electron chi connectivity index (χ2n) is 10.9. The van der Waals surface area contributed by atoms with Crippen molar-refractivity contribution in [3.05, 3.63) is 0 Å². The van der Waals surface area contributed by atoms with Crippen molar-refractivity contribution in [2.75, 3.05) is 6.54 Å². The number of unbranched alkanes of at least 4 members (excludes halogenated alkanes) is 13. The third-order valence-electron chi connectivity index (χ3n) is 8.63. The molecule has 0 aromatic rings. The van der Waals surface area contributed by atoms with Crippen LogP contribution in [0.2, 0.25) is 0 Å². The van der Waals surface area contributed by atoms with E-state index < -0.39 is 28.2 Å². The normalized spacial score (nSPS) is 26.2. The Kier molecular flexibility index (Phi) is 10.2. The Morgan fingerprint density at radius 1 is 0.750 bits per heavy atom. The van der Waals surface area contributed by atoms with E-state index in [0.29, 0.717) is 19.4 Å². The zero-order valence-corrected chi connectivity index (χ0v) is 21.2. The molecule has 184 valence electrons. The first-order valence-electron chi connectivity index (χ1n) is 13.3. The third kappa shape index (κ3) is 5.56. The van der Waals surface area contributed by atoms with E-state index >= 15 is 0 Å². The zero-order chi connectivity index (χ0) is 23.7. The fourth-order valence-corrected chi connectivity index (χ4v) is 5.69. The highest BCUT2D eigenvalue weighted by Gasteiger charge is 2.75. The van der Waals surface area contributed by atoms with Gasteiger partial charge in [-0.15, -0.1) is 0 Å². The number of fused-ring (bicyclic) bond motifs is 2. The van der Waals surface area contributed by atoms with E-state index in [-0.39, 0.29) is 5.91 Å². The number of ether oxygens (including phenoxy) is 1. The molecule has 1 heterocycles. The van der Waals surface area contributed by atoms with Crippen molar-refractivity contribution in [2.45, 2.75) is 130 Å². The molecule has 1 amide bonds. The summed E-state index contributed by atoms with van der Waals surface area (Å²) in [7, 11) is 0. The number of amides is 1. The van der Waals surface area contributed by atoms with Gasteiger partial charge in [0.25, 0.3) is 0 Å². The average molecular weight is 450 g/mol. The van der Waals surface area contributed by atoms with Gasteiger partial charge in [0.15, 0.2) is 5.41 Å². The maximum Gasteiger partial charge on any atom is 0.329 e. The standard InChI is InChI=1S/C27H47NO4/c1-5-6-7-8-9-10-11-12-13-14-15-16-17-18-21-28-22(29)27-20-19-26(4,25(27,2)3)23(30)32-24(27)31/h5-21H2,1-4H3,(H,28,29). The van der Waals surface area contributed by atoms with Gasteiger partial charge in [-0.05, 0) is 26.2 Å². The molecule has 0 aromatic heterocycles. The Morgan fingerprint density at radius 2 is 1.22 bits per heavy atom. The van der Waals surface area contributed by atoms with E-state index in [1.807, 2.05) is 20.8 Å². The minimum absolute atomic E-state index is 0.265. The van der Waals surface area contributed by atoms with E-state index in [9.17, 15) is 14.4 Å². The molecule has 2 aliphatic rings. The first-order valence-corrected chi connectivity index (χ1v) is 13.3. The quantitative estimate of drug-likeness (QED) is 0.166. The van der Waals surface area contributed by atoms with Crippen LogP contribution in [-0.4, -0.2) is 24.4 Å². The Bertz CT molecular complexity index is 644. The van der Waals surface area contributed by atoms with Crippen LogP contribution in [0.5, 0.6) is 0 Å². The van der Waals surface area contributed by atoms with Crippen molar-refractivity contribution in [2.24, 2.45) is 16.2 Å². The molecule has 2 rings (SSSR count). The summed E-state index contributed by atoms with van der Waals surface area (Å²) in [4.78, 5) is 38.0. The summed E-state index contributed by atoms with van der Waals surface area (Å²) in [6, 6.07) is 0. The lowest BCUT2D eigenvalue weighted by Crippen LogP contribution is -2.62. The molecule has 1 saturated heterocycles. The van der Waals surface area contributed by atoms with E-state index in [0.717, 1.165) is 12.8 Å². The van der Waals surface area contributed by atoms with Crippen molar-refractivity contribution < 1.29 is 19.1 Å². The first kappa shape index (κ1) is 26.9. The van der Waals surface area contributed by atoms with Crippen LogP contribution in [-0.2, 0) is 19.1 Å². The molecule has 2 bridgehead atoms. The highest BCUT2D eigenvalue weighted by Crippen LogP contribution is 2.66. The summed E-state index contributed by atoms with van der Waals surface area (Å²) in [5.41, 5.74) is -2.77. The summed E-state index contributed by atoms with van der Waals surface area (Å²) in [5.74, 6) is -1.42. The highest BCUT2D eigenvalue weighted by molar-refractivity contribution is 6.11. The van der Waals surface area contributed by atoms with E-state index in [4.69, 9.17) is 4.74 Å². The molecule has 1 aliphatic carbocycles. The molecule has 5 nitrogen and oxygen atoms in total. The second-order valence-corrected chi connectivity index (χ2v) is 10.9. The van der Waals surface area contributed by atoms with Gasteiger partial charge in [-0.2, -0.15) is 0 Å². The van der Waals surface area contributed by atoms with Gasteiger partial charge in [0, 0.05) is 12.0 Å². The molecule has 2 fully saturated rings. The van der Waals surface area contributed by atoms with E-state index in [2.05, 4.69) is 12.2 Å². The van der Waals surface area contributed by atoms with Crippen LogP contribution in [0.25, 0.3) is 0 Å². The molecule has 2 atom stereocenters. The molecule has 1 N–H and O–H groups in total. The molecule has 32 heavy (non-hydrogen) atoms. The molecular weight excluding hydrogens is 402 g/mol. The van der Waals surface area contributed by atoms with Gasteiger partial charge in [-0.25, -0.2) is 0 Å². The smallest absolute Gasteiger partial charge is 0.329 e. The summed E-state index contributed by atoms with van der Waals surface area (Å²) in [6.07, 6.45) is 19.0. The second kappa shape index (κ2) is 12.2. The van der Waals surface area contributed by atoms with Crippen molar-refractivity contribution in [3.8, 4) is 0 Å². The van der Waals surface area contributed by atoms with Crippen LogP contribution in [0, 0.1) is 16.2 Å². The summed E-state index contributed by atoms with van der Waals surface area (Å²) < 4.78 is 5.03. The maximum absolute atomic E-state index is 13.1. The van der Waals surface area contributed by atoms with Gasteiger partial charge in [0.2, 0.25) is 5.91 Å². The van der Waals surface area contributed by atoms with Crippen molar-refractivity contribution in [3.63, 3.8) is 0 Å². The SMILES string of the molecule is CCCCCCCCCCCCCCCCNC(=O)C12CCC(C)(C(=O)OC1=O)C2(C)C. The molecular formula is C27H47NO4. The predicted molar refractivity (Wildman–Crippen MR) is 128 cm³/mol. The fourth-order valence-electron chi connectivity index (χ4n) is 5.69. The van der Waals surface area contributed by atoms with Gasteiger partial charge in [0.1, 0.15) is 0 Å². The predicted octanol–water partition coefficient (Wildman–Crippen LogP) is 6.48. The highest BCUT2D eigenvalue weighted by atomic mass is 16.6. The van der Waals surface area contributed by atoms with Crippen LogP contribution in [0.15, 0.2) is 0 Å². The molecule has 5 heteroatoms. The Balaban J connectivity index is 1.55. The van der Waals surface area contributed by atoms with Crippen LogP contribution >= 0.6 is 0 Å². The van der Waals surface area contributed by atoms with Gasteiger partial charge >= 0.3 is 11.9 Å². The lowest BCUT2D eigenvalue weighted by Gasteiger charge is -2.48. The molecule has 1 saturated carbocycles. The Hall–Kier alpha value is -1.39. The number of hydrogen-bond acceptors (Lipinski definition) is 4. The van der Waals surface area contributed by atoms with Crippen LogP contribution in [0.1, 0.15) is 130 Å². The Morgan fingerprint density at radius 3 is 1.72 bits per heavy atom. The summed E-state index contributed by atoms with van der Waals surface area (Å²) in [6.45, 7) is 8.39. The topological polar surface area (TPSA) is 72.5 Å². The molecule has 0 spiro atoms. The van der Waals surface area contributed by atoms with Crippen LogP contribution < -0.4 is 5.32 Å². The molecule has 0 aromatic carbocycles. The van der Waals surface area contributed by atoms with Crippen molar-refractivity contribution in [1.82, 2.24) is 5.32 Å². The number of cyclic esters (lactones) is 2. The number of carbonyl (C=O) groups excluding carboxylic acids is 3. The van der Waals surface area contributed by atoms with Crippen LogP contribution in [0.4, 0.5) is 0 Å². The monoisotopic (exact) mass is 449 g/mol. The summed E-state index contributed by atoms with van der Waals surface area (Å²) >= 11 is 0. The zero-order valence-electron chi connectivity index (χ0n) is 21.2. The number of esters is 2. The molecule has 1 aliphatic heterocycles. The van der Waals surface area contributed by atoms with E-state index in [1.54, 1.807) is 0 Å². The number of nitrogens with one attached hydrogen (secondary N) is 1. The largest absolute Gasteiger partial charge is 0.392 e. The van der Waals surface area contributed by atoms with Gasteiger partial charge in [-0.1, -0.05) is 104 Å². The van der Waals surface area contributed by atoms with Gasteiger partial charge < -0.3 is 10.1 Å². The Labute approximate surface area is 195 Å². The fraction of sp³-hybridized carbons (Fsp3) is 0.889. The number of rotatable bonds is 16. The maximum atomic E-state index is 13.1. The minimum Gasteiger partial charge on any atom is -0.392 e. The summed E-state index contributed by atoms with van der Waals surface area (Å²) in [5, 5.41) is 2.98. The molecule has 0 radical (unpaired) electrons. The lowest BCUT2D eigenvalue weighted by molar-refractivity contribution is -0.196. The first-order chi connectivity index (χ1) is 15.2. The average Bonchev–Trinajstić information content (AvgIpc) is 2.90. The van der Waals surface area contributed by atoms with Crippen molar-refractivity contribution in [1.29, 1.82) is 0 Å². The van der Waals surface area contributed by atoms with Gasteiger partial charge in [0.05, 0.1) is 5.41 Å². The van der Waals surface area contributed by atoms with Crippen molar-refractivity contribution >= 4 is 17.8 Å². The lowest BCUT2D eigenvalue weighted by atomic mass is 9.57. The van der Waals surface area contributed by atoms with E-state index in [1.165, 1.54) is 77.0 Å². The molecule has 2 unspecified atom stereocenters. The number of hydrogen-bond donors (Lipinski definition) is 1. The van der Waals surface area contributed by atoms with Gasteiger partial charge in [-0.3, -0.25) is 14.4 Å². The minimum atomic E-state index is -1.24. The van der Waals surface area contributed by atoms with Crippen LogP contribution in [0.3, 0.4) is 0 Å². The third-order valence-corrected chi connectivity index (χ3v) is 8.63. The number of carbonyl (C=O) groups is 3.